The fourth-order valence-electron chi connectivity index (χ4n) is 2.21. The number of hydrogen-bond donors (Lipinski definition) is 0. The SMILES string of the molecule is CCCN(CC#Cc1ccc(C(C)(C)C)cc1)CCC. The third kappa shape index (κ3) is 5.80. The highest BCUT2D eigenvalue weighted by molar-refractivity contribution is 5.38. The second-order valence-electron chi connectivity index (χ2n) is 6.41. The van der Waals surface area contributed by atoms with Gasteiger partial charge < -0.3 is 0 Å². The zero-order valence-electron chi connectivity index (χ0n) is 13.8. The van der Waals surface area contributed by atoms with Crippen molar-refractivity contribution in [2.24, 2.45) is 0 Å². The van der Waals surface area contributed by atoms with Gasteiger partial charge in [0.05, 0.1) is 6.54 Å². The third-order valence-corrected chi connectivity index (χ3v) is 3.37. The van der Waals surface area contributed by atoms with Crippen molar-refractivity contribution in [2.75, 3.05) is 19.6 Å². The van der Waals surface area contributed by atoms with Gasteiger partial charge in [0.25, 0.3) is 0 Å². The Bertz CT molecular complexity index is 433. The minimum Gasteiger partial charge on any atom is -0.292 e. The first kappa shape index (κ1) is 16.8. The Kier molecular flexibility index (Phi) is 6.82. The minimum atomic E-state index is 0.213. The topological polar surface area (TPSA) is 3.24 Å². The van der Waals surface area contributed by atoms with Crippen molar-refractivity contribution in [2.45, 2.75) is 52.9 Å². The van der Waals surface area contributed by atoms with Crippen LogP contribution in [0.5, 0.6) is 0 Å². The molecule has 0 bridgehead atoms. The summed E-state index contributed by atoms with van der Waals surface area (Å²) in [5.74, 6) is 6.58. The molecule has 0 spiro atoms. The van der Waals surface area contributed by atoms with Gasteiger partial charge in [-0.3, -0.25) is 4.90 Å². The van der Waals surface area contributed by atoms with Crippen molar-refractivity contribution in [1.82, 2.24) is 4.90 Å². The quantitative estimate of drug-likeness (QED) is 0.715. The molecule has 0 aliphatic heterocycles. The Morgan fingerprint density at radius 2 is 1.50 bits per heavy atom. The lowest BCUT2D eigenvalue weighted by Gasteiger charge is -2.18. The van der Waals surface area contributed by atoms with Gasteiger partial charge in [0.2, 0.25) is 0 Å². The highest BCUT2D eigenvalue weighted by atomic mass is 15.1. The van der Waals surface area contributed by atoms with E-state index in [1.807, 2.05) is 0 Å². The molecule has 0 atom stereocenters. The molecule has 20 heavy (non-hydrogen) atoms. The van der Waals surface area contributed by atoms with Gasteiger partial charge in [-0.25, -0.2) is 0 Å². The van der Waals surface area contributed by atoms with Gasteiger partial charge in [-0.15, -0.1) is 0 Å². The van der Waals surface area contributed by atoms with Crippen LogP contribution in [0.3, 0.4) is 0 Å². The predicted molar refractivity (Wildman–Crippen MR) is 89.0 cm³/mol. The van der Waals surface area contributed by atoms with Gasteiger partial charge in [-0.1, -0.05) is 58.6 Å². The van der Waals surface area contributed by atoms with Crippen molar-refractivity contribution < 1.29 is 0 Å². The molecule has 0 saturated heterocycles. The Morgan fingerprint density at radius 1 is 0.950 bits per heavy atom. The maximum atomic E-state index is 3.31. The number of rotatable bonds is 5. The van der Waals surface area contributed by atoms with Crippen LogP contribution in [-0.2, 0) is 5.41 Å². The summed E-state index contributed by atoms with van der Waals surface area (Å²) in [5.41, 5.74) is 2.69. The Labute approximate surface area is 125 Å². The summed E-state index contributed by atoms with van der Waals surface area (Å²) in [7, 11) is 0. The smallest absolute Gasteiger partial charge is 0.0605 e. The Hall–Kier alpha value is -1.26. The normalized spacial score (nSPS) is 11.3. The molecular weight excluding hydrogens is 242 g/mol. The number of nitrogens with zero attached hydrogens (tertiary/aromatic N) is 1. The van der Waals surface area contributed by atoms with E-state index < -0.39 is 0 Å². The van der Waals surface area contributed by atoms with Crippen LogP contribution in [0.4, 0.5) is 0 Å². The molecule has 110 valence electrons. The van der Waals surface area contributed by atoms with Crippen LogP contribution < -0.4 is 0 Å². The first-order chi connectivity index (χ1) is 9.47. The van der Waals surface area contributed by atoms with E-state index in [-0.39, 0.29) is 5.41 Å². The summed E-state index contributed by atoms with van der Waals surface area (Å²) in [6.07, 6.45) is 2.39. The van der Waals surface area contributed by atoms with Crippen molar-refractivity contribution in [3.63, 3.8) is 0 Å². The zero-order chi connectivity index (χ0) is 15.0. The van der Waals surface area contributed by atoms with Gasteiger partial charge in [0.15, 0.2) is 0 Å². The van der Waals surface area contributed by atoms with Gasteiger partial charge in [-0.2, -0.15) is 0 Å². The molecule has 1 aromatic rings. The highest BCUT2D eigenvalue weighted by Crippen LogP contribution is 2.21. The molecule has 0 N–H and O–H groups in total. The molecule has 1 heteroatoms. The molecule has 1 aromatic carbocycles. The summed E-state index contributed by atoms with van der Waals surface area (Å²) in [5, 5.41) is 0. The molecule has 0 heterocycles. The highest BCUT2D eigenvalue weighted by Gasteiger charge is 2.12. The summed E-state index contributed by atoms with van der Waals surface area (Å²) >= 11 is 0. The molecule has 0 amide bonds. The number of benzene rings is 1. The average molecular weight is 271 g/mol. The standard InChI is InChI=1S/C19H29N/c1-6-14-20(15-7-2)16-8-9-17-10-12-18(13-11-17)19(3,4)5/h10-13H,6-7,14-16H2,1-5H3. The maximum Gasteiger partial charge on any atom is 0.0605 e. The summed E-state index contributed by atoms with van der Waals surface area (Å²) < 4.78 is 0. The fourth-order valence-corrected chi connectivity index (χ4v) is 2.21. The molecule has 0 aromatic heterocycles. The lowest BCUT2D eigenvalue weighted by atomic mass is 9.87. The summed E-state index contributed by atoms with van der Waals surface area (Å²) in [6, 6.07) is 8.66. The zero-order valence-corrected chi connectivity index (χ0v) is 13.8. The van der Waals surface area contributed by atoms with Crippen LogP contribution in [0.25, 0.3) is 0 Å². The number of hydrogen-bond acceptors (Lipinski definition) is 1. The monoisotopic (exact) mass is 271 g/mol. The van der Waals surface area contributed by atoms with Gasteiger partial charge in [0.1, 0.15) is 0 Å². The van der Waals surface area contributed by atoms with E-state index in [2.05, 4.69) is 75.6 Å². The van der Waals surface area contributed by atoms with Crippen LogP contribution in [0.2, 0.25) is 0 Å². The van der Waals surface area contributed by atoms with E-state index >= 15 is 0 Å². The van der Waals surface area contributed by atoms with Gasteiger partial charge in [-0.05, 0) is 49.0 Å². The van der Waals surface area contributed by atoms with Crippen LogP contribution in [-0.4, -0.2) is 24.5 Å². The summed E-state index contributed by atoms with van der Waals surface area (Å²) in [6.45, 7) is 14.3. The molecule has 0 unspecified atom stereocenters. The Morgan fingerprint density at radius 3 is 1.95 bits per heavy atom. The first-order valence-corrected chi connectivity index (χ1v) is 7.79. The van der Waals surface area contributed by atoms with Crippen molar-refractivity contribution >= 4 is 0 Å². The average Bonchev–Trinajstić information content (AvgIpc) is 2.39. The first-order valence-electron chi connectivity index (χ1n) is 7.79. The minimum absolute atomic E-state index is 0.213. The van der Waals surface area contributed by atoms with Crippen molar-refractivity contribution in [3.8, 4) is 11.8 Å². The van der Waals surface area contributed by atoms with Crippen LogP contribution in [0, 0.1) is 11.8 Å². The predicted octanol–water partition coefficient (Wildman–Crippen LogP) is 4.46. The van der Waals surface area contributed by atoms with E-state index in [0.717, 1.165) is 25.2 Å². The van der Waals surface area contributed by atoms with Crippen molar-refractivity contribution in [3.05, 3.63) is 35.4 Å². The van der Waals surface area contributed by atoms with E-state index in [4.69, 9.17) is 0 Å². The van der Waals surface area contributed by atoms with Crippen LogP contribution in [0.1, 0.15) is 58.6 Å². The van der Waals surface area contributed by atoms with Crippen LogP contribution in [0.15, 0.2) is 24.3 Å². The second kappa shape index (κ2) is 8.12. The molecular formula is C19H29N. The van der Waals surface area contributed by atoms with Crippen molar-refractivity contribution in [1.29, 1.82) is 0 Å². The molecule has 0 fully saturated rings. The van der Waals surface area contributed by atoms with E-state index in [1.165, 1.54) is 18.4 Å². The Balaban J connectivity index is 2.63. The molecule has 0 aliphatic rings. The van der Waals surface area contributed by atoms with Gasteiger partial charge in [0, 0.05) is 5.56 Å². The third-order valence-electron chi connectivity index (χ3n) is 3.37. The molecule has 0 radical (unpaired) electrons. The largest absolute Gasteiger partial charge is 0.292 e. The second-order valence-corrected chi connectivity index (χ2v) is 6.41. The molecule has 0 aliphatic carbocycles. The van der Waals surface area contributed by atoms with Gasteiger partial charge >= 0.3 is 0 Å². The van der Waals surface area contributed by atoms with E-state index in [9.17, 15) is 0 Å². The molecule has 1 nitrogen and oxygen atoms in total. The van der Waals surface area contributed by atoms with Crippen LogP contribution >= 0.6 is 0 Å². The van der Waals surface area contributed by atoms with E-state index in [1.54, 1.807) is 0 Å². The van der Waals surface area contributed by atoms with E-state index in [0.29, 0.717) is 0 Å². The fraction of sp³-hybridized carbons (Fsp3) is 0.579. The lowest BCUT2D eigenvalue weighted by Crippen LogP contribution is -2.25. The molecule has 1 rings (SSSR count). The molecule has 0 saturated carbocycles. The summed E-state index contributed by atoms with van der Waals surface area (Å²) in [4.78, 5) is 2.43. The lowest BCUT2D eigenvalue weighted by molar-refractivity contribution is 0.308. The maximum absolute atomic E-state index is 3.31.